The van der Waals surface area contributed by atoms with Gasteiger partial charge < -0.3 is 44.3 Å². The van der Waals surface area contributed by atoms with Gasteiger partial charge in [-0.2, -0.15) is 13.6 Å². The van der Waals surface area contributed by atoms with Crippen molar-refractivity contribution >= 4 is 77.5 Å². The van der Waals surface area contributed by atoms with Gasteiger partial charge in [0.25, 0.3) is 0 Å². The summed E-state index contributed by atoms with van der Waals surface area (Å²) in [5, 5.41) is 0. The number of phosphoric ester groups is 1. The van der Waals surface area contributed by atoms with Crippen molar-refractivity contribution in [3.63, 3.8) is 0 Å². The standard InChI is InChI=1S/C27H46N3O16P3S4/c1-5-12-27(2,3)52-51-18-40-13-8-9-14-41-24(31)11-7-6-10-20-16-30(26(32)29-25(20)28)23-15-21(42-19-53(4)50)22(44-23)17-43-48(36,37)46-49(38,39)45-47(33,34)35/h16,21-23H,5,7-9,11-15,17-19H2,1-4H3,(H,36,37)(H,38,39)(H2,28,29,32)(H2,33,34,35)/t21-,22+,23+,53?/m0/s1. The fourth-order valence-electron chi connectivity index (χ4n) is 4.44. The highest BCUT2D eigenvalue weighted by Crippen LogP contribution is 2.66. The number of hydrogen-bond donors (Lipinski definition) is 5. The zero-order chi connectivity index (χ0) is 39.9. The summed E-state index contributed by atoms with van der Waals surface area (Å²) in [7, 11) is -13.9. The second kappa shape index (κ2) is 22.9. The molecular formula is C27H46N3O16P3S4. The molecule has 53 heavy (non-hydrogen) atoms. The third-order valence-electron chi connectivity index (χ3n) is 6.63. The maximum absolute atomic E-state index is 12.8. The average molecular weight is 890 g/mol. The Morgan fingerprint density at radius 1 is 1.19 bits per heavy atom. The van der Waals surface area contributed by atoms with Crippen molar-refractivity contribution in [3.8, 4) is 11.8 Å². The summed E-state index contributed by atoms with van der Waals surface area (Å²) in [5.74, 6) is 5.61. The van der Waals surface area contributed by atoms with E-state index < -0.39 is 69.6 Å². The van der Waals surface area contributed by atoms with Crippen LogP contribution in [0.1, 0.15) is 77.5 Å². The van der Waals surface area contributed by atoms with Crippen molar-refractivity contribution in [2.24, 2.45) is 0 Å². The molecule has 2 rings (SSSR count). The van der Waals surface area contributed by atoms with Crippen molar-refractivity contribution in [1.29, 1.82) is 0 Å². The number of anilines is 1. The minimum atomic E-state index is -5.75. The molecule has 1 saturated heterocycles. The van der Waals surface area contributed by atoms with Gasteiger partial charge in [0.05, 0.1) is 37.2 Å². The molecule has 19 nitrogen and oxygen atoms in total. The predicted octanol–water partition coefficient (Wildman–Crippen LogP) is 3.90. The predicted molar refractivity (Wildman–Crippen MR) is 203 cm³/mol. The zero-order valence-electron chi connectivity index (χ0n) is 29.4. The molecule has 0 spiro atoms. The molecule has 2 heterocycles. The van der Waals surface area contributed by atoms with Crippen molar-refractivity contribution in [1.82, 2.24) is 9.55 Å². The van der Waals surface area contributed by atoms with Crippen LogP contribution in [0.25, 0.3) is 0 Å². The summed E-state index contributed by atoms with van der Waals surface area (Å²) in [6, 6.07) is 0. The molecule has 1 fully saturated rings. The molecule has 3 unspecified atom stereocenters. The molecule has 0 aromatic carbocycles. The summed E-state index contributed by atoms with van der Waals surface area (Å²) in [5.41, 5.74) is 5.23. The van der Waals surface area contributed by atoms with E-state index in [9.17, 15) is 33.1 Å². The zero-order valence-corrected chi connectivity index (χ0v) is 35.4. The number of unbranched alkanes of at least 4 members (excludes halogenated alkanes) is 1. The molecule has 6 atom stereocenters. The van der Waals surface area contributed by atoms with E-state index in [0.717, 1.165) is 23.8 Å². The number of rotatable bonds is 24. The van der Waals surface area contributed by atoms with E-state index in [2.05, 4.69) is 46.2 Å². The molecule has 0 radical (unpaired) electrons. The van der Waals surface area contributed by atoms with Crippen LogP contribution in [-0.2, 0) is 71.2 Å². The van der Waals surface area contributed by atoms with E-state index >= 15 is 0 Å². The van der Waals surface area contributed by atoms with Crippen LogP contribution < -0.4 is 11.4 Å². The Bertz CT molecular complexity index is 1650. The van der Waals surface area contributed by atoms with Crippen molar-refractivity contribution < 1.29 is 70.2 Å². The summed E-state index contributed by atoms with van der Waals surface area (Å²) in [6.07, 6.45) is 3.61. The Morgan fingerprint density at radius 3 is 2.55 bits per heavy atom. The second-order valence-corrected chi connectivity index (χ2v) is 22.3. The second-order valence-electron chi connectivity index (χ2n) is 11.8. The first-order chi connectivity index (χ1) is 24.6. The lowest BCUT2D eigenvalue weighted by Gasteiger charge is -2.22. The molecule has 0 amide bonds. The van der Waals surface area contributed by atoms with Crippen LogP contribution >= 0.6 is 45.1 Å². The molecule has 0 aliphatic carbocycles. The Morgan fingerprint density at radius 2 is 1.89 bits per heavy atom. The Kier molecular flexibility index (Phi) is 20.9. The van der Waals surface area contributed by atoms with Crippen LogP contribution in [-0.4, -0.2) is 90.0 Å². The Balaban J connectivity index is 1.92. The van der Waals surface area contributed by atoms with Gasteiger partial charge in [0.15, 0.2) is 0 Å². The molecule has 1 aromatic rings. The lowest BCUT2D eigenvalue weighted by atomic mass is 10.1. The molecule has 1 aromatic heterocycles. The number of nitrogen functional groups attached to an aromatic ring is 1. The summed E-state index contributed by atoms with van der Waals surface area (Å²) in [6.45, 7) is 6.60. The fraction of sp³-hybridized carbons (Fsp3) is 0.741. The maximum atomic E-state index is 12.8. The van der Waals surface area contributed by atoms with Crippen LogP contribution in [0.4, 0.5) is 5.82 Å². The van der Waals surface area contributed by atoms with Gasteiger partial charge in [0.2, 0.25) is 0 Å². The number of hydrogen-bond acceptors (Lipinski definition) is 17. The molecule has 6 N–H and O–H groups in total. The molecule has 0 saturated carbocycles. The number of carbonyl (C=O) groups excluding carboxylic acids is 1. The number of nitrogens with two attached hydrogens (primary N) is 1. The molecule has 1 aliphatic rings. The first-order valence-electron chi connectivity index (χ1n) is 15.9. The SMILES string of the molecule is CCCC(C)(C)SSCOCCCCOC(=O)CCC#Cc1cn([C@H]2C[C@H](OCS(C)=S)[C@@H](COP(=O)(O)OP(=O)(O)OP(=O)(O)O)O2)c(=O)nc1N. The van der Waals surface area contributed by atoms with Gasteiger partial charge in [-0.25, -0.2) is 18.5 Å². The number of ether oxygens (including phenoxy) is 4. The summed E-state index contributed by atoms with van der Waals surface area (Å²) in [4.78, 5) is 65.4. The van der Waals surface area contributed by atoms with E-state index in [1.54, 1.807) is 17.0 Å². The molecule has 26 heteroatoms. The normalized spacial score (nSPS) is 20.6. The van der Waals surface area contributed by atoms with Gasteiger partial charge >= 0.3 is 35.1 Å². The van der Waals surface area contributed by atoms with E-state index in [1.807, 2.05) is 10.8 Å². The van der Waals surface area contributed by atoms with Gasteiger partial charge in [0, 0.05) is 30.4 Å². The van der Waals surface area contributed by atoms with Crippen LogP contribution in [0.5, 0.6) is 0 Å². The van der Waals surface area contributed by atoms with Crippen LogP contribution in [0.15, 0.2) is 11.0 Å². The highest BCUT2D eigenvalue weighted by Gasteiger charge is 2.43. The minimum Gasteiger partial charge on any atom is -0.466 e. The third-order valence-corrected chi connectivity index (χ3v) is 14.2. The number of phosphoric acid groups is 3. The molecule has 304 valence electrons. The van der Waals surface area contributed by atoms with E-state index in [4.69, 9.17) is 50.2 Å². The number of esters is 1. The van der Waals surface area contributed by atoms with Crippen molar-refractivity contribution in [2.75, 3.05) is 43.7 Å². The van der Waals surface area contributed by atoms with Crippen LogP contribution in [0.2, 0.25) is 0 Å². The summed E-state index contributed by atoms with van der Waals surface area (Å²) >= 11 is 5.14. The van der Waals surface area contributed by atoms with Gasteiger partial charge in [-0.3, -0.25) is 13.9 Å². The summed E-state index contributed by atoms with van der Waals surface area (Å²) < 4.78 is 70.7. The van der Waals surface area contributed by atoms with Crippen molar-refractivity contribution in [3.05, 3.63) is 22.2 Å². The lowest BCUT2D eigenvalue weighted by molar-refractivity contribution is -0.143. The third kappa shape index (κ3) is 20.3. The fourth-order valence-corrected chi connectivity index (χ4v) is 10.4. The first kappa shape index (κ1) is 48.4. The molecule has 0 bridgehead atoms. The number of carbonyl (C=O) groups is 1. The molecule has 1 aliphatic heterocycles. The monoisotopic (exact) mass is 889 g/mol. The van der Waals surface area contributed by atoms with Gasteiger partial charge in [-0.05, 0) is 50.6 Å². The van der Waals surface area contributed by atoms with Crippen LogP contribution in [0, 0.1) is 11.8 Å². The first-order valence-corrected chi connectivity index (χ1v) is 25.5. The number of aromatic nitrogens is 2. The topological polar surface area (TPSA) is 275 Å². The average Bonchev–Trinajstić information content (AvgIpc) is 3.42. The smallest absolute Gasteiger partial charge is 0.466 e. The van der Waals surface area contributed by atoms with E-state index in [1.165, 1.54) is 6.20 Å². The van der Waals surface area contributed by atoms with E-state index in [-0.39, 0.29) is 47.9 Å². The van der Waals surface area contributed by atoms with Crippen LogP contribution in [0.3, 0.4) is 0 Å². The molecular weight excluding hydrogens is 843 g/mol. The highest BCUT2D eigenvalue weighted by atomic mass is 33.1. The lowest BCUT2D eigenvalue weighted by Crippen LogP contribution is -2.30. The van der Waals surface area contributed by atoms with E-state index in [0.29, 0.717) is 19.0 Å². The van der Waals surface area contributed by atoms with Crippen molar-refractivity contribution in [2.45, 2.75) is 88.9 Å². The minimum absolute atomic E-state index is 0.0157. The largest absolute Gasteiger partial charge is 0.490 e. The number of nitrogens with zero attached hydrogens (tertiary/aromatic N) is 2. The Labute approximate surface area is 322 Å². The quantitative estimate of drug-likeness (QED) is 0.0246. The maximum Gasteiger partial charge on any atom is 0.490 e. The Hall–Kier alpha value is -0.730. The van der Waals surface area contributed by atoms with Gasteiger partial charge in [-0.1, -0.05) is 56.2 Å². The van der Waals surface area contributed by atoms with Gasteiger partial charge in [-0.15, -0.1) is 0 Å². The highest BCUT2D eigenvalue weighted by molar-refractivity contribution is 8.77. The van der Waals surface area contributed by atoms with Gasteiger partial charge in [0.1, 0.15) is 24.1 Å².